The number of halogens is 2. The molecule has 2 aromatic carbocycles. The van der Waals surface area contributed by atoms with E-state index >= 15 is 0 Å². The standard InChI is InChI=1S/C16H11BrClN5/c17-11-7-5-10(6-8-11)14-9-15(12-3-1-2-4-13(12)18)23-16(19-14)20-21-22-23/h1-9,15H,(H,19,20,22)/t15-/m1/s1. The van der Waals surface area contributed by atoms with Gasteiger partial charge in [0.05, 0.1) is 0 Å². The molecule has 3 aromatic rings. The number of nitrogens with one attached hydrogen (secondary N) is 1. The molecular formula is C16H11BrClN5. The highest BCUT2D eigenvalue weighted by atomic mass is 79.9. The second-order valence-corrected chi connectivity index (χ2v) is 6.45. The molecule has 0 spiro atoms. The van der Waals surface area contributed by atoms with Crippen molar-refractivity contribution in [3.05, 3.63) is 75.2 Å². The summed E-state index contributed by atoms with van der Waals surface area (Å²) in [6, 6.07) is 15.6. The molecule has 0 bridgehead atoms. The van der Waals surface area contributed by atoms with Gasteiger partial charge in [-0.15, -0.1) is 0 Å². The van der Waals surface area contributed by atoms with Crippen LogP contribution in [0.4, 0.5) is 5.95 Å². The van der Waals surface area contributed by atoms with Crippen molar-refractivity contribution < 1.29 is 0 Å². The molecule has 2 heterocycles. The molecule has 7 heteroatoms. The van der Waals surface area contributed by atoms with Crippen molar-refractivity contribution in [2.45, 2.75) is 6.04 Å². The van der Waals surface area contributed by atoms with Gasteiger partial charge in [0.25, 0.3) is 0 Å². The van der Waals surface area contributed by atoms with E-state index in [4.69, 9.17) is 11.6 Å². The normalized spacial score (nSPS) is 16.4. The molecular weight excluding hydrogens is 378 g/mol. The van der Waals surface area contributed by atoms with Gasteiger partial charge in [-0.05, 0) is 45.8 Å². The number of nitrogens with zero attached hydrogens (tertiary/aromatic N) is 4. The first kappa shape index (κ1) is 14.4. The molecule has 1 atom stereocenters. The Bertz CT molecular complexity index is 887. The predicted molar refractivity (Wildman–Crippen MR) is 93.1 cm³/mol. The summed E-state index contributed by atoms with van der Waals surface area (Å²) in [6.45, 7) is 0. The summed E-state index contributed by atoms with van der Waals surface area (Å²) < 4.78 is 2.76. The van der Waals surface area contributed by atoms with Crippen LogP contribution in [0.3, 0.4) is 0 Å². The van der Waals surface area contributed by atoms with Gasteiger partial charge in [-0.3, -0.25) is 0 Å². The van der Waals surface area contributed by atoms with E-state index in [9.17, 15) is 0 Å². The van der Waals surface area contributed by atoms with Crippen molar-refractivity contribution in [1.82, 2.24) is 20.2 Å². The number of allylic oxidation sites excluding steroid dienone is 1. The average Bonchev–Trinajstić information content (AvgIpc) is 3.04. The van der Waals surface area contributed by atoms with Crippen molar-refractivity contribution in [2.24, 2.45) is 0 Å². The molecule has 0 aliphatic carbocycles. The van der Waals surface area contributed by atoms with Crippen LogP contribution in [0.25, 0.3) is 5.70 Å². The second-order valence-electron chi connectivity index (χ2n) is 5.13. The predicted octanol–water partition coefficient (Wildman–Crippen LogP) is 4.15. The van der Waals surface area contributed by atoms with E-state index in [1.165, 1.54) is 0 Å². The Morgan fingerprint density at radius 1 is 1.09 bits per heavy atom. The quantitative estimate of drug-likeness (QED) is 0.717. The van der Waals surface area contributed by atoms with E-state index in [1.807, 2.05) is 48.5 Å². The smallest absolute Gasteiger partial charge is 0.248 e. The Hall–Kier alpha value is -2.18. The molecule has 1 aliphatic rings. The van der Waals surface area contributed by atoms with E-state index in [0.717, 1.165) is 21.3 Å². The van der Waals surface area contributed by atoms with Crippen LogP contribution in [0.5, 0.6) is 0 Å². The first-order valence-electron chi connectivity index (χ1n) is 6.99. The Labute approximate surface area is 146 Å². The number of tetrazole rings is 1. The maximum atomic E-state index is 6.37. The Morgan fingerprint density at radius 3 is 2.65 bits per heavy atom. The molecule has 0 amide bonds. The zero-order chi connectivity index (χ0) is 15.8. The molecule has 0 unspecified atom stereocenters. The zero-order valence-electron chi connectivity index (χ0n) is 11.8. The summed E-state index contributed by atoms with van der Waals surface area (Å²) >= 11 is 9.82. The highest BCUT2D eigenvalue weighted by Gasteiger charge is 2.25. The lowest BCUT2D eigenvalue weighted by atomic mass is 10.0. The minimum absolute atomic E-state index is 0.159. The fourth-order valence-corrected chi connectivity index (χ4v) is 3.10. The van der Waals surface area contributed by atoms with Gasteiger partial charge in [-0.25, -0.2) is 0 Å². The largest absolute Gasteiger partial charge is 0.323 e. The monoisotopic (exact) mass is 387 g/mol. The van der Waals surface area contributed by atoms with Crippen molar-refractivity contribution in [1.29, 1.82) is 0 Å². The van der Waals surface area contributed by atoms with Crippen LogP contribution < -0.4 is 5.32 Å². The van der Waals surface area contributed by atoms with Crippen molar-refractivity contribution in [2.75, 3.05) is 5.32 Å². The maximum Gasteiger partial charge on any atom is 0.248 e. The van der Waals surface area contributed by atoms with Crippen LogP contribution >= 0.6 is 27.5 Å². The van der Waals surface area contributed by atoms with Crippen molar-refractivity contribution >= 4 is 39.2 Å². The summed E-state index contributed by atoms with van der Waals surface area (Å²) in [5.41, 5.74) is 2.96. The van der Waals surface area contributed by atoms with Crippen molar-refractivity contribution in [3.63, 3.8) is 0 Å². The summed E-state index contributed by atoms with van der Waals surface area (Å²) in [5.74, 6) is 0.593. The maximum absolute atomic E-state index is 6.37. The lowest BCUT2D eigenvalue weighted by Gasteiger charge is -2.24. The first-order valence-corrected chi connectivity index (χ1v) is 8.16. The van der Waals surface area contributed by atoms with E-state index in [0.29, 0.717) is 11.0 Å². The third-order valence-electron chi connectivity index (χ3n) is 3.71. The molecule has 1 N–H and O–H groups in total. The molecule has 114 valence electrons. The van der Waals surface area contributed by atoms with Crippen LogP contribution in [-0.4, -0.2) is 20.2 Å². The molecule has 1 aliphatic heterocycles. The van der Waals surface area contributed by atoms with Crippen LogP contribution in [-0.2, 0) is 0 Å². The summed E-state index contributed by atoms with van der Waals surface area (Å²) in [5, 5.41) is 15.9. The Balaban J connectivity index is 1.83. The minimum atomic E-state index is -0.159. The fourth-order valence-electron chi connectivity index (χ4n) is 2.59. The van der Waals surface area contributed by atoms with E-state index in [1.54, 1.807) is 4.68 Å². The van der Waals surface area contributed by atoms with Gasteiger partial charge in [0, 0.05) is 15.2 Å². The number of hydrogen-bond acceptors (Lipinski definition) is 4. The van der Waals surface area contributed by atoms with E-state index < -0.39 is 0 Å². The zero-order valence-corrected chi connectivity index (χ0v) is 14.2. The molecule has 23 heavy (non-hydrogen) atoms. The molecule has 5 nitrogen and oxygen atoms in total. The molecule has 0 saturated heterocycles. The second kappa shape index (κ2) is 5.79. The van der Waals surface area contributed by atoms with E-state index in [2.05, 4.69) is 42.8 Å². The minimum Gasteiger partial charge on any atom is -0.323 e. The van der Waals surface area contributed by atoms with Gasteiger partial charge in [-0.1, -0.05) is 63.0 Å². The summed E-state index contributed by atoms with van der Waals surface area (Å²) in [6.07, 6.45) is 2.08. The van der Waals surface area contributed by atoms with Gasteiger partial charge in [0.15, 0.2) is 0 Å². The third-order valence-corrected chi connectivity index (χ3v) is 4.58. The topological polar surface area (TPSA) is 55.6 Å². The van der Waals surface area contributed by atoms with Crippen LogP contribution in [0.1, 0.15) is 17.2 Å². The van der Waals surface area contributed by atoms with E-state index in [-0.39, 0.29) is 6.04 Å². The Morgan fingerprint density at radius 2 is 1.87 bits per heavy atom. The number of rotatable bonds is 2. The fraction of sp³-hybridized carbons (Fsp3) is 0.0625. The van der Waals surface area contributed by atoms with Gasteiger partial charge < -0.3 is 5.32 Å². The van der Waals surface area contributed by atoms with Gasteiger partial charge in [0.1, 0.15) is 6.04 Å². The number of anilines is 1. The molecule has 1 aromatic heterocycles. The summed E-state index contributed by atoms with van der Waals surface area (Å²) in [7, 11) is 0. The van der Waals surface area contributed by atoms with Crippen LogP contribution in [0.2, 0.25) is 5.02 Å². The molecule has 0 saturated carbocycles. The third kappa shape index (κ3) is 2.64. The molecule has 0 radical (unpaired) electrons. The van der Waals surface area contributed by atoms with Crippen LogP contribution in [0.15, 0.2) is 59.1 Å². The average molecular weight is 389 g/mol. The van der Waals surface area contributed by atoms with Crippen LogP contribution in [0, 0.1) is 0 Å². The molecule has 0 fully saturated rings. The number of fused-ring (bicyclic) bond motifs is 1. The van der Waals surface area contributed by atoms with Gasteiger partial charge in [-0.2, -0.15) is 4.68 Å². The highest BCUT2D eigenvalue weighted by molar-refractivity contribution is 9.10. The molecule has 4 rings (SSSR count). The van der Waals surface area contributed by atoms with Gasteiger partial charge >= 0.3 is 0 Å². The number of aromatic nitrogens is 4. The Kier molecular flexibility index (Phi) is 3.63. The number of benzene rings is 2. The summed E-state index contributed by atoms with van der Waals surface area (Å²) in [4.78, 5) is 0. The lowest BCUT2D eigenvalue weighted by Crippen LogP contribution is -2.20. The van der Waals surface area contributed by atoms with Gasteiger partial charge in [0.2, 0.25) is 5.95 Å². The number of hydrogen-bond donors (Lipinski definition) is 1. The van der Waals surface area contributed by atoms with Crippen molar-refractivity contribution in [3.8, 4) is 0 Å². The lowest BCUT2D eigenvalue weighted by molar-refractivity contribution is 0.586. The SMILES string of the molecule is Clc1ccccc1[C@H]1C=C(c2ccc(Br)cc2)Nc2nnnn21. The first-order chi connectivity index (χ1) is 11.2. The highest BCUT2D eigenvalue weighted by Crippen LogP contribution is 2.34.